The Morgan fingerprint density at radius 3 is 2.29 bits per heavy atom. The second kappa shape index (κ2) is 11.8. The number of nitro groups is 1. The van der Waals surface area contributed by atoms with Crippen molar-refractivity contribution in [2.24, 2.45) is 10.2 Å². The number of benzene rings is 3. The molecule has 34 heavy (non-hydrogen) atoms. The number of aliphatic hydroxyl groups excluding tert-OH is 1. The number of hydrogen-bond acceptors (Lipinski definition) is 9. The lowest BCUT2D eigenvalue weighted by molar-refractivity contribution is -0.384. The fourth-order valence-electron chi connectivity index (χ4n) is 2.79. The third kappa shape index (κ3) is 6.93. The predicted octanol–water partition coefficient (Wildman–Crippen LogP) is 4.21. The molecule has 174 valence electrons. The molecule has 0 aliphatic heterocycles. The van der Waals surface area contributed by atoms with Gasteiger partial charge in [0, 0.05) is 30.1 Å². The molecule has 1 amide bonds. The van der Waals surface area contributed by atoms with Gasteiger partial charge in [-0.25, -0.2) is 4.79 Å². The Kier molecular flexibility index (Phi) is 8.36. The van der Waals surface area contributed by atoms with Crippen LogP contribution in [-0.2, 0) is 9.53 Å². The molecule has 0 saturated carbocycles. The summed E-state index contributed by atoms with van der Waals surface area (Å²) in [6.45, 7) is -0.684. The number of aliphatic hydroxyl groups is 1. The Hall–Kier alpha value is -4.64. The average Bonchev–Trinajstić information content (AvgIpc) is 2.86. The van der Waals surface area contributed by atoms with Gasteiger partial charge in [-0.15, -0.1) is 0 Å². The Labute approximate surface area is 194 Å². The Balaban J connectivity index is 1.57. The molecule has 3 aromatic rings. The average molecular weight is 463 g/mol. The molecular weight excluding hydrogens is 442 g/mol. The third-order valence-corrected chi connectivity index (χ3v) is 4.38. The number of non-ortho nitro benzene ring substituents is 1. The maximum absolute atomic E-state index is 12.4. The van der Waals surface area contributed by atoms with Gasteiger partial charge in [-0.2, -0.15) is 10.2 Å². The SMILES string of the molecule is O=C(COC(=O)c1cc([N+](=O)[O-])ccc1NCCO)Nc1ccc(N=Nc2ccccc2)cc1. The summed E-state index contributed by atoms with van der Waals surface area (Å²) >= 11 is 0. The molecule has 0 heterocycles. The van der Waals surface area contributed by atoms with Crippen LogP contribution in [0.1, 0.15) is 10.4 Å². The molecule has 3 N–H and O–H groups in total. The summed E-state index contributed by atoms with van der Waals surface area (Å²) in [7, 11) is 0. The van der Waals surface area contributed by atoms with Crippen molar-refractivity contribution in [2.75, 3.05) is 30.4 Å². The van der Waals surface area contributed by atoms with Crippen molar-refractivity contribution in [3.8, 4) is 0 Å². The summed E-state index contributed by atoms with van der Waals surface area (Å²) in [5.74, 6) is -1.52. The summed E-state index contributed by atoms with van der Waals surface area (Å²) in [6.07, 6.45) is 0. The number of anilines is 2. The minimum Gasteiger partial charge on any atom is -0.452 e. The number of carbonyl (C=O) groups excluding carboxylic acids is 2. The third-order valence-electron chi connectivity index (χ3n) is 4.38. The maximum atomic E-state index is 12.4. The van der Waals surface area contributed by atoms with E-state index in [9.17, 15) is 19.7 Å². The van der Waals surface area contributed by atoms with Crippen LogP contribution in [0, 0.1) is 10.1 Å². The molecule has 0 saturated heterocycles. The summed E-state index contributed by atoms with van der Waals surface area (Å²) in [5, 5.41) is 33.6. The van der Waals surface area contributed by atoms with Gasteiger partial charge in [0.2, 0.25) is 0 Å². The van der Waals surface area contributed by atoms with Crippen molar-refractivity contribution in [3.63, 3.8) is 0 Å². The Morgan fingerprint density at radius 1 is 0.971 bits per heavy atom. The van der Waals surface area contributed by atoms with Gasteiger partial charge >= 0.3 is 5.97 Å². The van der Waals surface area contributed by atoms with Crippen LogP contribution in [0.3, 0.4) is 0 Å². The first-order chi connectivity index (χ1) is 16.5. The lowest BCUT2D eigenvalue weighted by atomic mass is 10.1. The van der Waals surface area contributed by atoms with Crippen LogP contribution in [-0.4, -0.2) is 41.7 Å². The first kappa shape index (κ1) is 24.0. The van der Waals surface area contributed by atoms with Gasteiger partial charge in [0.15, 0.2) is 6.61 Å². The van der Waals surface area contributed by atoms with E-state index in [1.807, 2.05) is 30.3 Å². The minimum absolute atomic E-state index is 0.122. The summed E-state index contributed by atoms with van der Waals surface area (Å²) in [6, 6.07) is 19.4. The van der Waals surface area contributed by atoms with Gasteiger partial charge in [-0.3, -0.25) is 14.9 Å². The lowest BCUT2D eigenvalue weighted by Gasteiger charge is -2.11. The molecule has 0 aliphatic carbocycles. The highest BCUT2D eigenvalue weighted by molar-refractivity contribution is 5.99. The van der Waals surface area contributed by atoms with Crippen LogP contribution in [0.25, 0.3) is 0 Å². The van der Waals surface area contributed by atoms with E-state index in [-0.39, 0.29) is 30.1 Å². The smallest absolute Gasteiger partial charge is 0.341 e. The van der Waals surface area contributed by atoms with E-state index >= 15 is 0 Å². The summed E-state index contributed by atoms with van der Waals surface area (Å²) < 4.78 is 5.02. The van der Waals surface area contributed by atoms with Gasteiger partial charge in [0.05, 0.1) is 28.5 Å². The highest BCUT2D eigenvalue weighted by atomic mass is 16.6. The fourth-order valence-corrected chi connectivity index (χ4v) is 2.79. The second-order valence-electron chi connectivity index (χ2n) is 6.84. The first-order valence-corrected chi connectivity index (χ1v) is 10.1. The quantitative estimate of drug-likeness (QED) is 0.176. The number of amides is 1. The van der Waals surface area contributed by atoms with Gasteiger partial charge in [-0.1, -0.05) is 18.2 Å². The molecular formula is C23H21N5O6. The zero-order valence-corrected chi connectivity index (χ0v) is 17.9. The normalized spacial score (nSPS) is 10.6. The van der Waals surface area contributed by atoms with Crippen LogP contribution in [0.5, 0.6) is 0 Å². The van der Waals surface area contributed by atoms with E-state index in [2.05, 4.69) is 20.9 Å². The number of esters is 1. The molecule has 0 fully saturated rings. The monoisotopic (exact) mass is 463 g/mol. The van der Waals surface area contributed by atoms with Crippen LogP contribution in [0.2, 0.25) is 0 Å². The zero-order chi connectivity index (χ0) is 24.3. The minimum atomic E-state index is -0.920. The zero-order valence-electron chi connectivity index (χ0n) is 17.9. The molecule has 0 bridgehead atoms. The molecule has 0 atom stereocenters. The van der Waals surface area contributed by atoms with Crippen molar-refractivity contribution < 1.29 is 24.4 Å². The maximum Gasteiger partial charge on any atom is 0.341 e. The number of azo groups is 1. The fraction of sp³-hybridized carbons (Fsp3) is 0.130. The standard InChI is InChI=1S/C23H21N5O6/c29-13-12-24-21-11-10-19(28(32)33)14-20(21)23(31)34-15-22(30)25-16-6-8-18(9-7-16)27-26-17-4-2-1-3-5-17/h1-11,14,24,29H,12-13,15H2,(H,25,30). The summed E-state index contributed by atoms with van der Waals surface area (Å²) in [4.78, 5) is 35.0. The van der Waals surface area contributed by atoms with E-state index in [1.54, 1.807) is 24.3 Å². The molecule has 0 radical (unpaired) electrons. The number of nitro benzene ring substituents is 1. The highest BCUT2D eigenvalue weighted by Gasteiger charge is 2.19. The van der Waals surface area contributed by atoms with Crippen molar-refractivity contribution in [3.05, 3.63) is 88.5 Å². The largest absolute Gasteiger partial charge is 0.452 e. The molecule has 11 heteroatoms. The Morgan fingerprint density at radius 2 is 1.65 bits per heavy atom. The molecule has 11 nitrogen and oxygen atoms in total. The van der Waals surface area contributed by atoms with E-state index in [0.717, 1.165) is 6.07 Å². The first-order valence-electron chi connectivity index (χ1n) is 10.1. The molecule has 0 unspecified atom stereocenters. The highest BCUT2D eigenvalue weighted by Crippen LogP contribution is 2.23. The van der Waals surface area contributed by atoms with Crippen LogP contribution >= 0.6 is 0 Å². The molecule has 3 rings (SSSR count). The molecule has 0 aliphatic rings. The second-order valence-corrected chi connectivity index (χ2v) is 6.84. The summed E-state index contributed by atoms with van der Waals surface area (Å²) in [5.41, 5.74) is 1.56. The van der Waals surface area contributed by atoms with Crippen molar-refractivity contribution >= 4 is 40.3 Å². The Bertz CT molecular complexity index is 1180. The molecule has 0 spiro atoms. The van der Waals surface area contributed by atoms with Gasteiger partial charge < -0.3 is 20.5 Å². The number of hydrogen-bond donors (Lipinski definition) is 3. The van der Waals surface area contributed by atoms with E-state index in [1.165, 1.54) is 12.1 Å². The van der Waals surface area contributed by atoms with Gasteiger partial charge in [0.25, 0.3) is 11.6 Å². The molecule has 0 aromatic heterocycles. The number of nitrogens with one attached hydrogen (secondary N) is 2. The number of nitrogens with zero attached hydrogens (tertiary/aromatic N) is 3. The predicted molar refractivity (Wildman–Crippen MR) is 125 cm³/mol. The molecule has 3 aromatic carbocycles. The van der Waals surface area contributed by atoms with E-state index < -0.39 is 23.4 Å². The van der Waals surface area contributed by atoms with E-state index in [0.29, 0.717) is 17.1 Å². The van der Waals surface area contributed by atoms with Crippen LogP contribution in [0.15, 0.2) is 83.0 Å². The van der Waals surface area contributed by atoms with Crippen LogP contribution in [0.4, 0.5) is 28.4 Å². The van der Waals surface area contributed by atoms with Crippen molar-refractivity contribution in [1.82, 2.24) is 0 Å². The van der Waals surface area contributed by atoms with E-state index in [4.69, 9.17) is 9.84 Å². The van der Waals surface area contributed by atoms with Gasteiger partial charge in [0.1, 0.15) is 0 Å². The van der Waals surface area contributed by atoms with Gasteiger partial charge in [-0.05, 0) is 42.5 Å². The number of rotatable bonds is 10. The van der Waals surface area contributed by atoms with Crippen molar-refractivity contribution in [2.45, 2.75) is 0 Å². The van der Waals surface area contributed by atoms with Crippen molar-refractivity contribution in [1.29, 1.82) is 0 Å². The number of carbonyl (C=O) groups is 2. The van der Waals surface area contributed by atoms with Crippen LogP contribution < -0.4 is 10.6 Å². The lowest BCUT2D eigenvalue weighted by Crippen LogP contribution is -2.21. The number of ether oxygens (including phenoxy) is 1. The topological polar surface area (TPSA) is 156 Å².